The monoisotopic (exact) mass is 273 g/mol. The van der Waals surface area contributed by atoms with Gasteiger partial charge in [-0.3, -0.25) is 4.79 Å². The van der Waals surface area contributed by atoms with Gasteiger partial charge in [-0.25, -0.2) is 4.39 Å². The van der Waals surface area contributed by atoms with E-state index in [0.29, 0.717) is 5.69 Å². The number of hydrogen-bond acceptors (Lipinski definition) is 3. The van der Waals surface area contributed by atoms with Gasteiger partial charge < -0.3 is 16.0 Å². The van der Waals surface area contributed by atoms with Gasteiger partial charge in [-0.2, -0.15) is 0 Å². The molecule has 104 valence electrons. The Hall–Kier alpha value is -2.56. The highest BCUT2D eigenvalue weighted by Gasteiger charge is 2.10. The van der Waals surface area contributed by atoms with Crippen LogP contribution in [0.4, 0.5) is 21.5 Å². The van der Waals surface area contributed by atoms with Crippen LogP contribution in [0.2, 0.25) is 0 Å². The molecule has 3 N–H and O–H groups in total. The second kappa shape index (κ2) is 6.06. The molecular formula is C15H16FN3O. The van der Waals surface area contributed by atoms with Crippen molar-refractivity contribution in [2.75, 3.05) is 29.5 Å². The van der Waals surface area contributed by atoms with Crippen molar-refractivity contribution >= 4 is 23.0 Å². The van der Waals surface area contributed by atoms with Crippen LogP contribution in [0.3, 0.4) is 0 Å². The minimum Gasteiger partial charge on any atom is -0.399 e. The fourth-order valence-corrected chi connectivity index (χ4v) is 1.82. The maximum atomic E-state index is 13.4. The van der Waals surface area contributed by atoms with Gasteiger partial charge in [-0.1, -0.05) is 18.2 Å². The van der Waals surface area contributed by atoms with Crippen molar-refractivity contribution in [2.24, 2.45) is 0 Å². The van der Waals surface area contributed by atoms with Crippen LogP contribution in [0.25, 0.3) is 0 Å². The molecule has 0 aliphatic carbocycles. The van der Waals surface area contributed by atoms with Gasteiger partial charge >= 0.3 is 0 Å². The predicted molar refractivity (Wildman–Crippen MR) is 79.2 cm³/mol. The van der Waals surface area contributed by atoms with Gasteiger partial charge in [0, 0.05) is 18.4 Å². The highest BCUT2D eigenvalue weighted by Crippen LogP contribution is 2.16. The molecule has 0 unspecified atom stereocenters. The lowest BCUT2D eigenvalue weighted by Gasteiger charge is -2.19. The summed E-state index contributed by atoms with van der Waals surface area (Å²) < 4.78 is 13.4. The molecule has 0 spiro atoms. The molecule has 0 aromatic heterocycles. The molecule has 0 saturated heterocycles. The Labute approximate surface area is 117 Å². The van der Waals surface area contributed by atoms with Crippen LogP contribution >= 0.6 is 0 Å². The number of hydrogen-bond donors (Lipinski definition) is 2. The Morgan fingerprint density at radius 2 is 2.00 bits per heavy atom. The lowest BCUT2D eigenvalue weighted by atomic mass is 10.2. The molecule has 20 heavy (non-hydrogen) atoms. The molecule has 0 aliphatic rings. The number of carbonyl (C=O) groups is 1. The van der Waals surface area contributed by atoms with E-state index < -0.39 is 5.82 Å². The summed E-state index contributed by atoms with van der Waals surface area (Å²) in [4.78, 5) is 13.6. The molecule has 0 fully saturated rings. The Balaban J connectivity index is 2.00. The maximum Gasteiger partial charge on any atom is 0.243 e. The Bertz CT molecular complexity index is 616. The standard InChI is InChI=1S/C15H16FN3O/c1-19(12-6-4-5-11(17)9-12)10-15(20)18-14-8-3-2-7-13(14)16/h2-9H,10,17H2,1H3,(H,18,20). The summed E-state index contributed by atoms with van der Waals surface area (Å²) in [6.45, 7) is 0.109. The lowest BCUT2D eigenvalue weighted by molar-refractivity contribution is -0.114. The zero-order valence-corrected chi connectivity index (χ0v) is 11.1. The quantitative estimate of drug-likeness (QED) is 0.841. The van der Waals surface area contributed by atoms with Crippen molar-refractivity contribution in [2.45, 2.75) is 0 Å². The predicted octanol–water partition coefficient (Wildman–Crippen LogP) is 2.48. The number of para-hydroxylation sites is 1. The minimum absolute atomic E-state index is 0.109. The summed E-state index contributed by atoms with van der Waals surface area (Å²) in [6.07, 6.45) is 0. The SMILES string of the molecule is CN(CC(=O)Nc1ccccc1F)c1cccc(N)c1. The number of nitrogens with zero attached hydrogens (tertiary/aromatic N) is 1. The molecule has 2 rings (SSSR count). The highest BCUT2D eigenvalue weighted by molar-refractivity contribution is 5.94. The summed E-state index contributed by atoms with van der Waals surface area (Å²) in [7, 11) is 1.77. The van der Waals surface area contributed by atoms with E-state index in [1.165, 1.54) is 12.1 Å². The van der Waals surface area contributed by atoms with Crippen molar-refractivity contribution in [1.29, 1.82) is 0 Å². The number of nitrogens with two attached hydrogens (primary N) is 1. The number of likely N-dealkylation sites (N-methyl/N-ethyl adjacent to an activating group) is 1. The first-order chi connectivity index (χ1) is 9.56. The first-order valence-electron chi connectivity index (χ1n) is 6.17. The smallest absolute Gasteiger partial charge is 0.243 e. The van der Waals surface area contributed by atoms with E-state index >= 15 is 0 Å². The number of nitrogens with one attached hydrogen (secondary N) is 1. The molecule has 0 heterocycles. The van der Waals surface area contributed by atoms with Gasteiger partial charge in [-0.15, -0.1) is 0 Å². The van der Waals surface area contributed by atoms with E-state index in [4.69, 9.17) is 5.73 Å². The zero-order chi connectivity index (χ0) is 14.5. The number of anilines is 3. The van der Waals surface area contributed by atoms with Crippen LogP contribution in [0.15, 0.2) is 48.5 Å². The first-order valence-corrected chi connectivity index (χ1v) is 6.17. The summed E-state index contributed by atoms with van der Waals surface area (Å²) >= 11 is 0. The minimum atomic E-state index is -0.451. The zero-order valence-electron chi connectivity index (χ0n) is 11.1. The molecule has 2 aromatic carbocycles. The van der Waals surface area contributed by atoms with Crippen molar-refractivity contribution in [3.05, 3.63) is 54.3 Å². The van der Waals surface area contributed by atoms with Gasteiger partial charge in [0.1, 0.15) is 5.82 Å². The first kappa shape index (κ1) is 13.9. The third-order valence-corrected chi connectivity index (χ3v) is 2.84. The molecule has 0 aliphatic heterocycles. The summed E-state index contributed by atoms with van der Waals surface area (Å²) in [5, 5.41) is 2.54. The second-order valence-electron chi connectivity index (χ2n) is 4.48. The fraction of sp³-hybridized carbons (Fsp3) is 0.133. The number of benzene rings is 2. The number of carbonyl (C=O) groups excluding carboxylic acids is 1. The van der Waals surface area contributed by atoms with E-state index in [-0.39, 0.29) is 18.1 Å². The van der Waals surface area contributed by atoms with Gasteiger partial charge in [0.05, 0.1) is 12.2 Å². The topological polar surface area (TPSA) is 58.4 Å². The number of nitrogen functional groups attached to an aromatic ring is 1. The van der Waals surface area contributed by atoms with Gasteiger partial charge in [-0.05, 0) is 30.3 Å². The van der Waals surface area contributed by atoms with Gasteiger partial charge in [0.2, 0.25) is 5.91 Å². The van der Waals surface area contributed by atoms with E-state index in [9.17, 15) is 9.18 Å². The Kier molecular flexibility index (Phi) is 4.20. The third-order valence-electron chi connectivity index (χ3n) is 2.84. The Morgan fingerprint density at radius 3 is 2.70 bits per heavy atom. The number of rotatable bonds is 4. The van der Waals surface area contributed by atoms with Crippen molar-refractivity contribution in [3.63, 3.8) is 0 Å². The molecule has 0 atom stereocenters. The summed E-state index contributed by atoms with van der Waals surface area (Å²) in [5.74, 6) is -0.743. The molecular weight excluding hydrogens is 257 g/mol. The number of amides is 1. The number of halogens is 1. The normalized spacial score (nSPS) is 10.1. The summed E-state index contributed by atoms with van der Waals surface area (Å²) in [5.41, 5.74) is 7.33. The highest BCUT2D eigenvalue weighted by atomic mass is 19.1. The fourth-order valence-electron chi connectivity index (χ4n) is 1.82. The van der Waals surface area contributed by atoms with Crippen LogP contribution in [0, 0.1) is 5.82 Å². The molecule has 4 nitrogen and oxygen atoms in total. The van der Waals surface area contributed by atoms with E-state index in [1.54, 1.807) is 36.2 Å². The van der Waals surface area contributed by atoms with Crippen LogP contribution in [-0.4, -0.2) is 19.5 Å². The molecule has 0 radical (unpaired) electrons. The van der Waals surface area contributed by atoms with Crippen molar-refractivity contribution in [1.82, 2.24) is 0 Å². The average Bonchev–Trinajstić information content (AvgIpc) is 2.41. The Morgan fingerprint density at radius 1 is 1.25 bits per heavy atom. The van der Waals surface area contributed by atoms with Crippen LogP contribution in [-0.2, 0) is 4.79 Å². The molecule has 0 bridgehead atoms. The van der Waals surface area contributed by atoms with Crippen LogP contribution in [0.5, 0.6) is 0 Å². The molecule has 0 saturated carbocycles. The van der Waals surface area contributed by atoms with Crippen LogP contribution in [0.1, 0.15) is 0 Å². The van der Waals surface area contributed by atoms with Crippen molar-refractivity contribution < 1.29 is 9.18 Å². The second-order valence-corrected chi connectivity index (χ2v) is 4.48. The average molecular weight is 273 g/mol. The molecule has 1 amide bonds. The van der Waals surface area contributed by atoms with Gasteiger partial charge in [0.25, 0.3) is 0 Å². The van der Waals surface area contributed by atoms with Crippen LogP contribution < -0.4 is 16.0 Å². The van der Waals surface area contributed by atoms with E-state index in [1.807, 2.05) is 12.1 Å². The summed E-state index contributed by atoms with van der Waals surface area (Å²) in [6, 6.07) is 13.3. The largest absolute Gasteiger partial charge is 0.399 e. The lowest BCUT2D eigenvalue weighted by Crippen LogP contribution is -2.30. The molecule has 5 heteroatoms. The molecule has 2 aromatic rings. The van der Waals surface area contributed by atoms with E-state index in [2.05, 4.69) is 5.32 Å². The van der Waals surface area contributed by atoms with E-state index in [0.717, 1.165) is 5.69 Å². The van der Waals surface area contributed by atoms with Gasteiger partial charge in [0.15, 0.2) is 0 Å². The third kappa shape index (κ3) is 3.47. The van der Waals surface area contributed by atoms with Crippen molar-refractivity contribution in [3.8, 4) is 0 Å². The maximum absolute atomic E-state index is 13.4.